The van der Waals surface area contributed by atoms with Crippen molar-refractivity contribution in [3.8, 4) is 0 Å². The molecule has 1 fully saturated rings. The van der Waals surface area contributed by atoms with Gasteiger partial charge in [-0.2, -0.15) is 0 Å². The Morgan fingerprint density at radius 3 is 2.84 bits per heavy atom. The van der Waals surface area contributed by atoms with Crippen LogP contribution in [0.3, 0.4) is 0 Å². The van der Waals surface area contributed by atoms with Gasteiger partial charge in [-0.3, -0.25) is 4.79 Å². The van der Waals surface area contributed by atoms with E-state index in [2.05, 4.69) is 0 Å². The highest BCUT2D eigenvalue weighted by Crippen LogP contribution is 2.32. The quantitative estimate of drug-likeness (QED) is 0.906. The number of benzene rings is 1. The summed E-state index contributed by atoms with van der Waals surface area (Å²) in [7, 11) is 1.74. The maximum absolute atomic E-state index is 13.6. The summed E-state index contributed by atoms with van der Waals surface area (Å²) >= 11 is 0. The number of halogens is 1. The summed E-state index contributed by atoms with van der Waals surface area (Å²) in [4.78, 5) is 14.0. The number of hydrogen-bond donors (Lipinski definition) is 1. The van der Waals surface area contributed by atoms with Gasteiger partial charge < -0.3 is 10.6 Å². The van der Waals surface area contributed by atoms with Gasteiger partial charge in [0.15, 0.2) is 0 Å². The molecule has 2 rings (SSSR count). The minimum atomic E-state index is -0.260. The zero-order chi connectivity index (χ0) is 13.8. The molecular weight excluding hydrogens is 243 g/mol. The third-order valence-corrected chi connectivity index (χ3v) is 4.02. The van der Waals surface area contributed by atoms with Crippen molar-refractivity contribution >= 4 is 5.91 Å². The van der Waals surface area contributed by atoms with Gasteiger partial charge in [0, 0.05) is 25.1 Å². The van der Waals surface area contributed by atoms with Crippen molar-refractivity contribution in [2.45, 2.75) is 25.8 Å². The Morgan fingerprint density at radius 2 is 2.16 bits per heavy atom. The van der Waals surface area contributed by atoms with E-state index in [1.54, 1.807) is 30.1 Å². The summed E-state index contributed by atoms with van der Waals surface area (Å²) < 4.78 is 13.6. The Morgan fingerprint density at radius 1 is 1.42 bits per heavy atom. The van der Waals surface area contributed by atoms with Crippen LogP contribution < -0.4 is 5.73 Å². The van der Waals surface area contributed by atoms with Crippen LogP contribution in [0.5, 0.6) is 0 Å². The number of rotatable bonds is 4. The minimum absolute atomic E-state index is 0.0155. The molecule has 4 heteroatoms. The molecule has 3 nitrogen and oxygen atoms in total. The van der Waals surface area contributed by atoms with Crippen LogP contribution in [-0.2, 0) is 11.3 Å². The lowest BCUT2D eigenvalue weighted by atomic mass is 9.95. The lowest BCUT2D eigenvalue weighted by Crippen LogP contribution is -2.36. The average molecular weight is 264 g/mol. The van der Waals surface area contributed by atoms with Gasteiger partial charge in [0.25, 0.3) is 0 Å². The monoisotopic (exact) mass is 264 g/mol. The van der Waals surface area contributed by atoms with Crippen LogP contribution >= 0.6 is 0 Å². The number of hydrogen-bond acceptors (Lipinski definition) is 2. The van der Waals surface area contributed by atoms with E-state index in [1.165, 1.54) is 6.07 Å². The fourth-order valence-corrected chi connectivity index (χ4v) is 2.89. The molecule has 0 aliphatic heterocycles. The molecule has 1 amide bonds. The third-order valence-electron chi connectivity index (χ3n) is 4.02. The van der Waals surface area contributed by atoms with E-state index in [4.69, 9.17) is 5.73 Å². The summed E-state index contributed by atoms with van der Waals surface area (Å²) in [5.41, 5.74) is 6.26. The molecule has 0 heterocycles. The normalized spacial score (nSPS) is 22.5. The predicted octanol–water partition coefficient (Wildman–Crippen LogP) is 2.16. The summed E-state index contributed by atoms with van der Waals surface area (Å²) in [6.07, 6.45) is 2.99. The number of nitrogens with two attached hydrogens (primary N) is 1. The largest absolute Gasteiger partial charge is 0.341 e. The van der Waals surface area contributed by atoms with Gasteiger partial charge in [-0.05, 0) is 31.4 Å². The predicted molar refractivity (Wildman–Crippen MR) is 72.8 cm³/mol. The third kappa shape index (κ3) is 3.13. The maximum Gasteiger partial charge on any atom is 0.226 e. The fourth-order valence-electron chi connectivity index (χ4n) is 2.89. The summed E-state index contributed by atoms with van der Waals surface area (Å²) in [5, 5.41) is 0. The SMILES string of the molecule is CN(Cc1ccccc1F)C(=O)C1CCCC1CN. The van der Waals surface area contributed by atoms with E-state index in [1.807, 2.05) is 0 Å². The first-order chi connectivity index (χ1) is 9.13. The van der Waals surface area contributed by atoms with E-state index < -0.39 is 0 Å². The first-order valence-electron chi connectivity index (χ1n) is 6.82. The van der Waals surface area contributed by atoms with Gasteiger partial charge >= 0.3 is 0 Å². The molecule has 2 N–H and O–H groups in total. The molecule has 1 aromatic carbocycles. The Bertz CT molecular complexity index is 450. The first kappa shape index (κ1) is 14.0. The second-order valence-corrected chi connectivity index (χ2v) is 5.32. The van der Waals surface area contributed by atoms with Crippen molar-refractivity contribution < 1.29 is 9.18 Å². The van der Waals surface area contributed by atoms with Crippen LogP contribution in [0.4, 0.5) is 4.39 Å². The molecule has 19 heavy (non-hydrogen) atoms. The van der Waals surface area contributed by atoms with Crippen molar-refractivity contribution in [3.05, 3.63) is 35.6 Å². The van der Waals surface area contributed by atoms with Crippen molar-refractivity contribution in [1.82, 2.24) is 4.90 Å². The van der Waals surface area contributed by atoms with Gasteiger partial charge in [0.1, 0.15) is 5.82 Å². The van der Waals surface area contributed by atoms with E-state index in [-0.39, 0.29) is 23.6 Å². The van der Waals surface area contributed by atoms with Crippen molar-refractivity contribution in [2.75, 3.05) is 13.6 Å². The summed E-state index contributed by atoms with van der Waals surface area (Å²) in [6, 6.07) is 6.58. The first-order valence-corrected chi connectivity index (χ1v) is 6.82. The molecule has 1 saturated carbocycles. The van der Waals surface area contributed by atoms with Gasteiger partial charge in [0.2, 0.25) is 5.91 Å². The smallest absolute Gasteiger partial charge is 0.226 e. The Hall–Kier alpha value is -1.42. The topological polar surface area (TPSA) is 46.3 Å². The minimum Gasteiger partial charge on any atom is -0.341 e. The van der Waals surface area contributed by atoms with Crippen LogP contribution in [0.2, 0.25) is 0 Å². The van der Waals surface area contributed by atoms with Gasteiger partial charge in [-0.1, -0.05) is 24.6 Å². The molecule has 2 atom stereocenters. The second-order valence-electron chi connectivity index (χ2n) is 5.32. The van der Waals surface area contributed by atoms with Crippen LogP contribution in [0.25, 0.3) is 0 Å². The van der Waals surface area contributed by atoms with E-state index in [0.717, 1.165) is 19.3 Å². The molecule has 0 saturated heterocycles. The van der Waals surface area contributed by atoms with Gasteiger partial charge in [-0.15, -0.1) is 0 Å². The van der Waals surface area contributed by atoms with Crippen molar-refractivity contribution in [2.24, 2.45) is 17.6 Å². The number of nitrogens with zero attached hydrogens (tertiary/aromatic N) is 1. The Balaban J connectivity index is 2.02. The highest BCUT2D eigenvalue weighted by Gasteiger charge is 2.33. The molecule has 0 radical (unpaired) electrons. The second kappa shape index (κ2) is 6.15. The summed E-state index contributed by atoms with van der Waals surface area (Å²) in [5.74, 6) is 0.137. The average Bonchev–Trinajstić information content (AvgIpc) is 2.88. The molecule has 2 unspecified atom stereocenters. The van der Waals surface area contributed by atoms with Crippen molar-refractivity contribution in [3.63, 3.8) is 0 Å². The zero-order valence-corrected chi connectivity index (χ0v) is 11.3. The molecule has 0 aromatic heterocycles. The van der Waals surface area contributed by atoms with Crippen LogP contribution in [0.1, 0.15) is 24.8 Å². The van der Waals surface area contributed by atoms with E-state index in [0.29, 0.717) is 18.7 Å². The van der Waals surface area contributed by atoms with Crippen LogP contribution in [-0.4, -0.2) is 24.4 Å². The van der Waals surface area contributed by atoms with Crippen LogP contribution in [0, 0.1) is 17.7 Å². The molecule has 1 aliphatic rings. The standard InChI is InChI=1S/C15H21FN2O/c1-18(10-12-5-2-3-8-14(12)16)15(19)13-7-4-6-11(13)9-17/h2-3,5,8,11,13H,4,6-7,9-10,17H2,1H3. The Kier molecular flexibility index (Phi) is 4.53. The fraction of sp³-hybridized carbons (Fsp3) is 0.533. The van der Waals surface area contributed by atoms with Gasteiger partial charge in [-0.25, -0.2) is 4.39 Å². The zero-order valence-electron chi connectivity index (χ0n) is 11.3. The molecule has 1 aromatic rings. The van der Waals surface area contributed by atoms with E-state index >= 15 is 0 Å². The number of carbonyl (C=O) groups excluding carboxylic acids is 1. The van der Waals surface area contributed by atoms with E-state index in [9.17, 15) is 9.18 Å². The lowest BCUT2D eigenvalue weighted by molar-refractivity contribution is -0.135. The Labute approximate surface area is 113 Å². The van der Waals surface area contributed by atoms with Crippen LogP contribution in [0.15, 0.2) is 24.3 Å². The van der Waals surface area contributed by atoms with Gasteiger partial charge in [0.05, 0.1) is 0 Å². The lowest BCUT2D eigenvalue weighted by Gasteiger charge is -2.24. The number of amides is 1. The molecular formula is C15H21FN2O. The highest BCUT2D eigenvalue weighted by molar-refractivity contribution is 5.79. The molecule has 0 bridgehead atoms. The van der Waals surface area contributed by atoms with Crippen molar-refractivity contribution in [1.29, 1.82) is 0 Å². The maximum atomic E-state index is 13.6. The molecule has 104 valence electrons. The number of carbonyl (C=O) groups is 1. The highest BCUT2D eigenvalue weighted by atomic mass is 19.1. The molecule has 1 aliphatic carbocycles. The molecule has 0 spiro atoms. The summed E-state index contributed by atoms with van der Waals surface area (Å²) in [6.45, 7) is 0.878.